The van der Waals surface area contributed by atoms with Crippen LogP contribution in [0.5, 0.6) is 0 Å². The zero-order chi connectivity index (χ0) is 23.5. The number of β-amino-alcohol motifs (C(OH)–C–C–N with tert-alkyl or cyclic N) is 1. The number of rotatable bonds is 7. The van der Waals surface area contributed by atoms with Crippen molar-refractivity contribution < 1.29 is 9.90 Å². The minimum absolute atomic E-state index is 0.0757. The summed E-state index contributed by atoms with van der Waals surface area (Å²) < 4.78 is 1.53. The Morgan fingerprint density at radius 1 is 0.882 bits per heavy atom. The van der Waals surface area contributed by atoms with Crippen LogP contribution in [0.25, 0.3) is 5.69 Å². The van der Waals surface area contributed by atoms with Crippen molar-refractivity contribution in [3.63, 3.8) is 0 Å². The van der Waals surface area contributed by atoms with Gasteiger partial charge in [-0.2, -0.15) is 0 Å². The minimum Gasteiger partial charge on any atom is -0.390 e. The van der Waals surface area contributed by atoms with E-state index in [0.29, 0.717) is 38.4 Å². The molecule has 0 bridgehead atoms. The molecule has 3 aromatic rings. The number of nitrogens with zero attached hydrogens (tertiary/aromatic N) is 5. The van der Waals surface area contributed by atoms with Crippen LogP contribution in [0.15, 0.2) is 71.8 Å². The topological polar surface area (TPSA) is 81.9 Å². The number of aliphatic hydroxyl groups is 1. The fourth-order valence-corrected chi connectivity index (χ4v) is 4.76. The van der Waals surface area contributed by atoms with Crippen molar-refractivity contribution in [1.82, 2.24) is 24.3 Å². The summed E-state index contributed by atoms with van der Waals surface area (Å²) in [7, 11) is 0. The minimum atomic E-state index is -0.587. The first-order valence-corrected chi connectivity index (χ1v) is 11.7. The second-order valence-corrected chi connectivity index (χ2v) is 8.97. The molecule has 5 rings (SSSR count). The van der Waals surface area contributed by atoms with Crippen LogP contribution < -0.4 is 5.56 Å². The second kappa shape index (κ2) is 9.79. The largest absolute Gasteiger partial charge is 0.390 e. The Bertz CT molecular complexity index is 1210. The quantitative estimate of drug-likeness (QED) is 0.584. The summed E-state index contributed by atoms with van der Waals surface area (Å²) in [6.45, 7) is 4.24. The van der Waals surface area contributed by atoms with E-state index in [-0.39, 0.29) is 11.6 Å². The molecule has 176 valence electrons. The van der Waals surface area contributed by atoms with Crippen LogP contribution in [-0.4, -0.2) is 74.2 Å². The zero-order valence-electron chi connectivity index (χ0n) is 19.1. The van der Waals surface area contributed by atoms with Crippen molar-refractivity contribution in [2.75, 3.05) is 32.7 Å². The Morgan fingerprint density at radius 2 is 1.68 bits per heavy atom. The molecule has 1 N–H and O–H groups in total. The number of benzene rings is 1. The number of carbonyl (C=O) groups is 1. The van der Waals surface area contributed by atoms with Gasteiger partial charge in [-0.05, 0) is 35.7 Å². The highest BCUT2D eigenvalue weighted by molar-refractivity contribution is 5.76. The molecule has 1 fully saturated rings. The average molecular weight is 460 g/mol. The number of amides is 2. The lowest BCUT2D eigenvalue weighted by Gasteiger charge is -2.31. The van der Waals surface area contributed by atoms with Gasteiger partial charge in [-0.3, -0.25) is 19.2 Å². The van der Waals surface area contributed by atoms with Gasteiger partial charge in [0.15, 0.2) is 0 Å². The number of urea groups is 1. The summed E-state index contributed by atoms with van der Waals surface area (Å²) in [5.74, 6) is 0. The first-order chi connectivity index (χ1) is 16.6. The predicted molar refractivity (Wildman–Crippen MR) is 129 cm³/mol. The number of carbonyl (C=O) groups excluding carboxylic acids is 1. The first-order valence-electron chi connectivity index (χ1n) is 11.7. The Labute approximate surface area is 198 Å². The van der Waals surface area contributed by atoms with Crippen molar-refractivity contribution >= 4 is 6.03 Å². The number of hydrogen-bond donors (Lipinski definition) is 1. The van der Waals surface area contributed by atoms with Gasteiger partial charge in [0.05, 0.1) is 30.2 Å². The zero-order valence-corrected chi connectivity index (χ0v) is 19.1. The van der Waals surface area contributed by atoms with Gasteiger partial charge < -0.3 is 14.9 Å². The monoisotopic (exact) mass is 459 g/mol. The Kier molecular flexibility index (Phi) is 6.42. The Hall–Kier alpha value is -3.49. The smallest absolute Gasteiger partial charge is 0.320 e. The van der Waals surface area contributed by atoms with Crippen molar-refractivity contribution in [3.8, 4) is 5.69 Å². The normalized spacial score (nSPS) is 17.1. The summed E-state index contributed by atoms with van der Waals surface area (Å²) in [5.41, 5.74) is 4.04. The molecule has 2 aliphatic heterocycles. The van der Waals surface area contributed by atoms with E-state index in [4.69, 9.17) is 0 Å². The molecule has 0 spiro atoms. The highest BCUT2D eigenvalue weighted by Crippen LogP contribution is 2.19. The Balaban J connectivity index is 1.13. The summed E-state index contributed by atoms with van der Waals surface area (Å²) in [6, 6.07) is 17.1. The lowest BCUT2D eigenvalue weighted by Crippen LogP contribution is -2.43. The maximum absolute atomic E-state index is 12.9. The van der Waals surface area contributed by atoms with Gasteiger partial charge in [-0.15, -0.1) is 0 Å². The first kappa shape index (κ1) is 22.3. The molecule has 4 heterocycles. The molecule has 0 radical (unpaired) electrons. The van der Waals surface area contributed by atoms with E-state index in [1.807, 2.05) is 12.1 Å². The fourth-order valence-electron chi connectivity index (χ4n) is 4.76. The highest BCUT2D eigenvalue weighted by Gasteiger charge is 2.30. The summed E-state index contributed by atoms with van der Waals surface area (Å²) in [6.07, 6.45) is 3.75. The van der Waals surface area contributed by atoms with Gasteiger partial charge >= 0.3 is 6.03 Å². The highest BCUT2D eigenvalue weighted by atomic mass is 16.3. The fraction of sp³-hybridized carbons (Fsp3) is 0.346. The SMILES string of the molecule is O=C1N(Cc2ccc(-n3ccccc3=O)cn2)CCN1CC(O)CN1CCc2ccccc2C1. The number of aliphatic hydroxyl groups excluding tert-OH is 1. The van der Waals surface area contributed by atoms with Crippen LogP contribution in [0.2, 0.25) is 0 Å². The van der Waals surface area contributed by atoms with Gasteiger partial charge in [0, 0.05) is 51.5 Å². The van der Waals surface area contributed by atoms with Crippen molar-refractivity contribution in [2.45, 2.75) is 25.6 Å². The predicted octanol–water partition coefficient (Wildman–Crippen LogP) is 1.89. The van der Waals surface area contributed by atoms with Crippen molar-refractivity contribution in [1.29, 1.82) is 0 Å². The number of pyridine rings is 2. The van der Waals surface area contributed by atoms with Crippen molar-refractivity contribution in [2.24, 2.45) is 0 Å². The van der Waals surface area contributed by atoms with Crippen LogP contribution in [-0.2, 0) is 19.5 Å². The molecule has 8 nitrogen and oxygen atoms in total. The van der Waals surface area contributed by atoms with Crippen LogP contribution in [0.3, 0.4) is 0 Å². The van der Waals surface area contributed by atoms with Gasteiger partial charge in [0.25, 0.3) is 5.56 Å². The van der Waals surface area contributed by atoms with Crippen LogP contribution in [0, 0.1) is 0 Å². The van der Waals surface area contributed by atoms with E-state index in [2.05, 4.69) is 34.1 Å². The molecular formula is C26H29N5O3. The van der Waals surface area contributed by atoms with Gasteiger partial charge in [0.1, 0.15) is 0 Å². The molecule has 1 unspecified atom stereocenters. The van der Waals surface area contributed by atoms with E-state index >= 15 is 0 Å². The van der Waals surface area contributed by atoms with E-state index in [1.165, 1.54) is 21.8 Å². The van der Waals surface area contributed by atoms with Crippen LogP contribution in [0.1, 0.15) is 16.8 Å². The molecule has 2 amide bonds. The molecule has 0 aliphatic carbocycles. The molecule has 1 atom stereocenters. The molecule has 1 aromatic carbocycles. The number of hydrogen-bond acceptors (Lipinski definition) is 5. The summed E-state index contributed by atoms with van der Waals surface area (Å²) in [4.78, 5) is 35.1. The lowest BCUT2D eigenvalue weighted by atomic mass is 10.00. The third kappa shape index (κ3) is 4.88. The van der Waals surface area contributed by atoms with E-state index < -0.39 is 6.10 Å². The molecule has 8 heteroatoms. The average Bonchev–Trinajstić information content (AvgIpc) is 3.18. The second-order valence-electron chi connectivity index (χ2n) is 8.97. The molecular weight excluding hydrogens is 430 g/mol. The van der Waals surface area contributed by atoms with Crippen molar-refractivity contribution in [3.05, 3.63) is 94.2 Å². The van der Waals surface area contributed by atoms with Gasteiger partial charge in [0.2, 0.25) is 0 Å². The number of aromatic nitrogens is 2. The lowest BCUT2D eigenvalue weighted by molar-refractivity contribution is 0.0812. The third-order valence-electron chi connectivity index (χ3n) is 6.55. The van der Waals surface area contributed by atoms with E-state index in [1.54, 1.807) is 34.3 Å². The van der Waals surface area contributed by atoms with Gasteiger partial charge in [-0.25, -0.2) is 4.79 Å². The third-order valence-corrected chi connectivity index (χ3v) is 6.55. The molecule has 1 saturated heterocycles. The van der Waals surface area contributed by atoms with Crippen LogP contribution >= 0.6 is 0 Å². The standard InChI is InChI=1S/C26H29N5O3/c32-24(18-28-12-10-20-5-1-2-6-21(20)16-28)19-30-14-13-29(26(30)34)17-22-8-9-23(15-27-22)31-11-4-3-7-25(31)33/h1-9,11,15,24,32H,10,12-14,16-19H2. The van der Waals surface area contributed by atoms with E-state index in [0.717, 1.165) is 25.2 Å². The van der Waals surface area contributed by atoms with Gasteiger partial charge in [-0.1, -0.05) is 30.3 Å². The van der Waals surface area contributed by atoms with Crippen LogP contribution in [0.4, 0.5) is 4.79 Å². The number of fused-ring (bicyclic) bond motifs is 1. The van der Waals surface area contributed by atoms with E-state index in [9.17, 15) is 14.7 Å². The molecule has 2 aliphatic rings. The Morgan fingerprint density at radius 3 is 2.47 bits per heavy atom. The molecule has 34 heavy (non-hydrogen) atoms. The maximum atomic E-state index is 12.9. The summed E-state index contributed by atoms with van der Waals surface area (Å²) in [5, 5.41) is 10.7. The molecule has 2 aromatic heterocycles. The summed E-state index contributed by atoms with van der Waals surface area (Å²) >= 11 is 0. The molecule has 0 saturated carbocycles. The maximum Gasteiger partial charge on any atom is 0.320 e.